The number of nitriles is 1. The molecule has 1 heterocycles. The van der Waals surface area contributed by atoms with Crippen molar-refractivity contribution >= 4 is 0 Å². The van der Waals surface area contributed by atoms with Crippen molar-refractivity contribution in [1.82, 2.24) is 10.2 Å². The zero-order chi connectivity index (χ0) is 12.0. The van der Waals surface area contributed by atoms with Crippen molar-refractivity contribution in [2.75, 3.05) is 19.6 Å². The van der Waals surface area contributed by atoms with Crippen molar-refractivity contribution in [1.29, 1.82) is 5.26 Å². The third-order valence-corrected chi connectivity index (χ3v) is 3.40. The lowest BCUT2D eigenvalue weighted by Gasteiger charge is -2.27. The summed E-state index contributed by atoms with van der Waals surface area (Å²) in [6.07, 6.45) is 4.77. The minimum atomic E-state index is -0.335. The monoisotopic (exact) mass is 221 g/mol. The molecule has 1 rings (SSSR count). The summed E-state index contributed by atoms with van der Waals surface area (Å²) in [5.41, 5.74) is -0.335. The molecule has 0 radical (unpaired) electrons. The van der Waals surface area contributed by atoms with E-state index in [2.05, 4.69) is 36.7 Å². The highest BCUT2D eigenvalue weighted by atomic mass is 15.2. The Morgan fingerprint density at radius 1 is 1.50 bits per heavy atom. The molecule has 1 N–H and O–H groups in total. The van der Waals surface area contributed by atoms with Crippen LogP contribution in [0.1, 0.15) is 33.1 Å². The fourth-order valence-corrected chi connectivity index (χ4v) is 2.27. The predicted molar refractivity (Wildman–Crippen MR) is 67.1 cm³/mol. The molecule has 1 saturated heterocycles. The Morgan fingerprint density at radius 3 is 2.81 bits per heavy atom. The first-order valence-corrected chi connectivity index (χ1v) is 6.15. The van der Waals surface area contributed by atoms with Crippen LogP contribution in [0.2, 0.25) is 0 Å². The van der Waals surface area contributed by atoms with Gasteiger partial charge in [-0.2, -0.15) is 5.26 Å². The van der Waals surface area contributed by atoms with Gasteiger partial charge >= 0.3 is 0 Å². The van der Waals surface area contributed by atoms with Crippen molar-refractivity contribution in [3.63, 3.8) is 0 Å². The topological polar surface area (TPSA) is 39.1 Å². The van der Waals surface area contributed by atoms with Crippen molar-refractivity contribution in [2.45, 2.75) is 44.7 Å². The van der Waals surface area contributed by atoms with Crippen LogP contribution in [-0.2, 0) is 0 Å². The smallest absolute Gasteiger partial charge is 0.108 e. The molecule has 0 aliphatic carbocycles. The zero-order valence-electron chi connectivity index (χ0n) is 10.5. The highest BCUT2D eigenvalue weighted by Crippen LogP contribution is 2.22. The second-order valence-corrected chi connectivity index (χ2v) is 4.85. The molecule has 0 aromatic carbocycles. The largest absolute Gasteiger partial charge is 0.301 e. The van der Waals surface area contributed by atoms with Gasteiger partial charge in [0.15, 0.2) is 0 Å². The van der Waals surface area contributed by atoms with E-state index in [-0.39, 0.29) is 5.54 Å². The van der Waals surface area contributed by atoms with E-state index in [0.717, 1.165) is 38.9 Å². The van der Waals surface area contributed by atoms with Crippen LogP contribution in [-0.4, -0.2) is 36.1 Å². The summed E-state index contributed by atoms with van der Waals surface area (Å²) < 4.78 is 0. The van der Waals surface area contributed by atoms with Crippen molar-refractivity contribution < 1.29 is 0 Å². The van der Waals surface area contributed by atoms with Crippen molar-refractivity contribution in [3.05, 3.63) is 12.7 Å². The Labute approximate surface area is 99.1 Å². The van der Waals surface area contributed by atoms with Crippen LogP contribution in [0.25, 0.3) is 0 Å². The van der Waals surface area contributed by atoms with E-state index in [1.807, 2.05) is 6.08 Å². The maximum absolute atomic E-state index is 9.35. The molecule has 0 spiro atoms. The van der Waals surface area contributed by atoms with Gasteiger partial charge in [-0.15, -0.1) is 6.58 Å². The second-order valence-electron chi connectivity index (χ2n) is 4.85. The van der Waals surface area contributed by atoms with Gasteiger partial charge in [-0.1, -0.05) is 6.08 Å². The Balaban J connectivity index is 2.61. The van der Waals surface area contributed by atoms with E-state index >= 15 is 0 Å². The van der Waals surface area contributed by atoms with Crippen LogP contribution in [0.4, 0.5) is 0 Å². The highest BCUT2D eigenvalue weighted by molar-refractivity contribution is 5.09. The third-order valence-electron chi connectivity index (χ3n) is 3.40. The average Bonchev–Trinajstić information content (AvgIpc) is 2.49. The molecule has 0 bridgehead atoms. The lowest BCUT2D eigenvalue weighted by Crippen LogP contribution is -2.45. The molecule has 1 aliphatic heterocycles. The van der Waals surface area contributed by atoms with Crippen LogP contribution in [0, 0.1) is 11.3 Å². The second kappa shape index (κ2) is 6.03. The molecule has 90 valence electrons. The number of hydrogen-bond acceptors (Lipinski definition) is 3. The summed E-state index contributed by atoms with van der Waals surface area (Å²) >= 11 is 0. The average molecular weight is 221 g/mol. The van der Waals surface area contributed by atoms with Gasteiger partial charge in [0, 0.05) is 19.1 Å². The molecule has 0 amide bonds. The third kappa shape index (κ3) is 3.33. The summed E-state index contributed by atoms with van der Waals surface area (Å²) in [4.78, 5) is 2.45. The predicted octanol–water partition coefficient (Wildman–Crippen LogP) is 1.92. The maximum Gasteiger partial charge on any atom is 0.108 e. The van der Waals surface area contributed by atoms with Crippen molar-refractivity contribution in [2.24, 2.45) is 0 Å². The molecule has 3 heteroatoms. The van der Waals surface area contributed by atoms with Gasteiger partial charge in [-0.3, -0.25) is 5.32 Å². The molecule has 16 heavy (non-hydrogen) atoms. The first-order chi connectivity index (χ1) is 7.63. The summed E-state index contributed by atoms with van der Waals surface area (Å²) in [5.74, 6) is 0. The van der Waals surface area contributed by atoms with Gasteiger partial charge in [0.2, 0.25) is 0 Å². The summed E-state index contributed by atoms with van der Waals surface area (Å²) in [6, 6.07) is 3.04. The molecule has 1 aliphatic rings. The first-order valence-electron chi connectivity index (χ1n) is 6.15. The molecule has 1 unspecified atom stereocenters. The Kier molecular flexibility index (Phi) is 4.98. The van der Waals surface area contributed by atoms with Gasteiger partial charge in [0.25, 0.3) is 0 Å². The van der Waals surface area contributed by atoms with E-state index in [0.29, 0.717) is 6.04 Å². The van der Waals surface area contributed by atoms with Gasteiger partial charge in [-0.05, 0) is 39.7 Å². The minimum Gasteiger partial charge on any atom is -0.301 e. The summed E-state index contributed by atoms with van der Waals surface area (Å²) in [5, 5.41) is 12.7. The molecular weight excluding hydrogens is 198 g/mol. The highest BCUT2D eigenvalue weighted by Gasteiger charge is 2.32. The first kappa shape index (κ1) is 13.2. The van der Waals surface area contributed by atoms with Crippen LogP contribution in [0.15, 0.2) is 12.7 Å². The van der Waals surface area contributed by atoms with Crippen LogP contribution < -0.4 is 5.32 Å². The normalized spacial score (nSPS) is 27.4. The summed E-state index contributed by atoms with van der Waals surface area (Å²) in [7, 11) is 0. The number of likely N-dealkylation sites (tertiary alicyclic amines) is 1. The minimum absolute atomic E-state index is 0.335. The van der Waals surface area contributed by atoms with Crippen LogP contribution >= 0.6 is 0 Å². The molecule has 0 aromatic heterocycles. The van der Waals surface area contributed by atoms with E-state index in [1.165, 1.54) is 0 Å². The van der Waals surface area contributed by atoms with Crippen molar-refractivity contribution in [3.8, 4) is 6.07 Å². The van der Waals surface area contributed by atoms with Gasteiger partial charge in [0.1, 0.15) is 5.54 Å². The zero-order valence-corrected chi connectivity index (χ0v) is 10.5. The lowest BCUT2D eigenvalue weighted by molar-refractivity contribution is 0.226. The maximum atomic E-state index is 9.35. The fourth-order valence-electron chi connectivity index (χ4n) is 2.27. The Bertz CT molecular complexity index is 267. The molecular formula is C13H23N3. The standard InChI is InChI=1S/C13H23N3/c1-4-8-15-13(11-14)6-5-9-16(10-7-13)12(2)3/h4,12,15H,1,5-10H2,2-3H3. The van der Waals surface area contributed by atoms with Gasteiger partial charge in [0.05, 0.1) is 6.07 Å². The number of rotatable bonds is 4. The molecule has 0 saturated carbocycles. The van der Waals surface area contributed by atoms with E-state index in [1.54, 1.807) is 0 Å². The Hall–Kier alpha value is -0.850. The lowest BCUT2D eigenvalue weighted by atomic mass is 9.92. The summed E-state index contributed by atoms with van der Waals surface area (Å²) in [6.45, 7) is 11.0. The quantitative estimate of drug-likeness (QED) is 0.737. The van der Waals surface area contributed by atoms with Crippen LogP contribution in [0.5, 0.6) is 0 Å². The number of nitrogens with zero attached hydrogens (tertiary/aromatic N) is 2. The Morgan fingerprint density at radius 2 is 2.25 bits per heavy atom. The number of nitrogens with one attached hydrogen (secondary N) is 1. The number of hydrogen-bond donors (Lipinski definition) is 1. The van der Waals surface area contributed by atoms with Gasteiger partial charge in [-0.25, -0.2) is 0 Å². The fraction of sp³-hybridized carbons (Fsp3) is 0.769. The van der Waals surface area contributed by atoms with Gasteiger partial charge < -0.3 is 4.90 Å². The van der Waals surface area contributed by atoms with E-state index in [9.17, 15) is 5.26 Å². The molecule has 0 aromatic rings. The molecule has 3 nitrogen and oxygen atoms in total. The van der Waals surface area contributed by atoms with Crippen LogP contribution in [0.3, 0.4) is 0 Å². The molecule has 1 atom stereocenters. The SMILES string of the molecule is C=CCNC1(C#N)CCCN(C(C)C)CC1. The molecule has 1 fully saturated rings. The van der Waals surface area contributed by atoms with E-state index in [4.69, 9.17) is 0 Å². The van der Waals surface area contributed by atoms with E-state index < -0.39 is 0 Å².